The second-order valence-electron chi connectivity index (χ2n) is 8.25. The zero-order chi connectivity index (χ0) is 16.4. The van der Waals surface area contributed by atoms with Gasteiger partial charge in [-0.1, -0.05) is 12.1 Å². The van der Waals surface area contributed by atoms with E-state index < -0.39 is 0 Å². The Balaban J connectivity index is 2.39. The van der Waals surface area contributed by atoms with Crippen LogP contribution >= 0.6 is 0 Å². The SMILES string of the molecule is CC(C)(C)Nc1ccccc1N(C1CCCCO1)C(C)(C)C. The van der Waals surface area contributed by atoms with E-state index in [1.807, 2.05) is 0 Å². The van der Waals surface area contributed by atoms with E-state index in [4.69, 9.17) is 4.74 Å². The third-order valence-electron chi connectivity index (χ3n) is 3.84. The summed E-state index contributed by atoms with van der Waals surface area (Å²) >= 11 is 0. The summed E-state index contributed by atoms with van der Waals surface area (Å²) in [7, 11) is 0. The third kappa shape index (κ3) is 4.39. The van der Waals surface area contributed by atoms with Gasteiger partial charge < -0.3 is 15.0 Å². The van der Waals surface area contributed by atoms with E-state index in [0.717, 1.165) is 13.0 Å². The summed E-state index contributed by atoms with van der Waals surface area (Å²) in [5.74, 6) is 0. The Labute approximate surface area is 136 Å². The molecule has 0 bridgehead atoms. The smallest absolute Gasteiger partial charge is 0.130 e. The lowest BCUT2D eigenvalue weighted by atomic mass is 10.00. The maximum Gasteiger partial charge on any atom is 0.130 e. The number of ether oxygens (including phenoxy) is 1. The lowest BCUT2D eigenvalue weighted by molar-refractivity contribution is 0.00431. The average molecular weight is 304 g/mol. The van der Waals surface area contributed by atoms with Crippen LogP contribution in [0.4, 0.5) is 11.4 Å². The molecule has 1 fully saturated rings. The largest absolute Gasteiger partial charge is 0.379 e. The molecule has 1 heterocycles. The summed E-state index contributed by atoms with van der Waals surface area (Å²) in [6, 6.07) is 8.59. The Morgan fingerprint density at radius 1 is 1.05 bits per heavy atom. The molecule has 1 atom stereocenters. The molecule has 3 heteroatoms. The summed E-state index contributed by atoms with van der Waals surface area (Å²) in [6.07, 6.45) is 3.68. The van der Waals surface area contributed by atoms with Gasteiger partial charge in [-0.05, 0) is 72.9 Å². The van der Waals surface area contributed by atoms with Gasteiger partial charge in [-0.3, -0.25) is 0 Å². The highest BCUT2D eigenvalue weighted by molar-refractivity contribution is 5.71. The molecule has 1 aliphatic heterocycles. The molecular formula is C19H32N2O. The molecule has 0 amide bonds. The molecule has 1 aliphatic rings. The standard InChI is InChI=1S/C19H32N2O/c1-18(2,3)20-15-11-7-8-12-16(15)21(19(4,5)6)17-13-9-10-14-22-17/h7-8,11-12,17,20H,9-10,13-14H2,1-6H3. The van der Waals surface area contributed by atoms with Crippen molar-refractivity contribution in [1.29, 1.82) is 0 Å². The van der Waals surface area contributed by atoms with Gasteiger partial charge in [0, 0.05) is 17.7 Å². The van der Waals surface area contributed by atoms with Crippen molar-refractivity contribution in [2.45, 2.75) is 78.1 Å². The molecule has 1 saturated heterocycles. The van der Waals surface area contributed by atoms with Gasteiger partial charge in [0.2, 0.25) is 0 Å². The molecule has 0 spiro atoms. The maximum atomic E-state index is 6.10. The average Bonchev–Trinajstić information content (AvgIpc) is 2.39. The van der Waals surface area contributed by atoms with E-state index in [9.17, 15) is 0 Å². The van der Waals surface area contributed by atoms with Crippen LogP contribution in [0, 0.1) is 0 Å². The predicted molar refractivity (Wildman–Crippen MR) is 95.6 cm³/mol. The van der Waals surface area contributed by atoms with Crippen molar-refractivity contribution in [2.75, 3.05) is 16.8 Å². The lowest BCUT2D eigenvalue weighted by Gasteiger charge is -2.45. The van der Waals surface area contributed by atoms with Gasteiger partial charge in [-0.15, -0.1) is 0 Å². The summed E-state index contributed by atoms with van der Waals surface area (Å²) in [5.41, 5.74) is 2.46. The molecular weight excluding hydrogens is 272 g/mol. The van der Waals surface area contributed by atoms with E-state index >= 15 is 0 Å². The molecule has 0 aliphatic carbocycles. The van der Waals surface area contributed by atoms with Crippen molar-refractivity contribution >= 4 is 11.4 Å². The summed E-state index contributed by atoms with van der Waals surface area (Å²) in [6.45, 7) is 14.2. The highest BCUT2D eigenvalue weighted by Gasteiger charge is 2.32. The molecule has 1 aromatic rings. The highest BCUT2D eigenvalue weighted by atomic mass is 16.5. The Morgan fingerprint density at radius 2 is 1.73 bits per heavy atom. The van der Waals surface area contributed by atoms with Crippen LogP contribution < -0.4 is 10.2 Å². The molecule has 0 aromatic heterocycles. The summed E-state index contributed by atoms with van der Waals surface area (Å²) in [5, 5.41) is 3.64. The molecule has 1 unspecified atom stereocenters. The molecule has 1 N–H and O–H groups in total. The number of hydrogen-bond acceptors (Lipinski definition) is 3. The second-order valence-corrected chi connectivity index (χ2v) is 8.25. The fraction of sp³-hybridized carbons (Fsp3) is 0.684. The van der Waals surface area contributed by atoms with Crippen LogP contribution in [0.2, 0.25) is 0 Å². The van der Waals surface area contributed by atoms with Crippen LogP contribution in [0.25, 0.3) is 0 Å². The van der Waals surface area contributed by atoms with Crippen molar-refractivity contribution < 1.29 is 4.74 Å². The summed E-state index contributed by atoms with van der Waals surface area (Å²) < 4.78 is 6.10. The first kappa shape index (κ1) is 17.1. The second kappa shape index (κ2) is 6.49. The van der Waals surface area contributed by atoms with Crippen LogP contribution in [-0.2, 0) is 4.74 Å². The van der Waals surface area contributed by atoms with E-state index in [-0.39, 0.29) is 17.3 Å². The number of benzene rings is 1. The lowest BCUT2D eigenvalue weighted by Crippen LogP contribution is -2.51. The zero-order valence-corrected chi connectivity index (χ0v) is 15.1. The zero-order valence-electron chi connectivity index (χ0n) is 15.1. The molecule has 0 radical (unpaired) electrons. The van der Waals surface area contributed by atoms with E-state index in [1.54, 1.807) is 0 Å². The minimum absolute atomic E-state index is 0.0116. The molecule has 3 nitrogen and oxygen atoms in total. The molecule has 0 saturated carbocycles. The van der Waals surface area contributed by atoms with Crippen LogP contribution in [-0.4, -0.2) is 23.9 Å². The van der Waals surface area contributed by atoms with Crippen LogP contribution in [0.15, 0.2) is 24.3 Å². The van der Waals surface area contributed by atoms with Crippen LogP contribution in [0.3, 0.4) is 0 Å². The predicted octanol–water partition coefficient (Wildman–Crippen LogP) is 5.03. The van der Waals surface area contributed by atoms with Gasteiger partial charge in [-0.2, -0.15) is 0 Å². The van der Waals surface area contributed by atoms with Gasteiger partial charge >= 0.3 is 0 Å². The number of nitrogens with one attached hydrogen (secondary N) is 1. The quantitative estimate of drug-likeness (QED) is 0.847. The Bertz CT molecular complexity index is 479. The van der Waals surface area contributed by atoms with Crippen molar-refractivity contribution in [2.24, 2.45) is 0 Å². The van der Waals surface area contributed by atoms with E-state index in [0.29, 0.717) is 0 Å². The van der Waals surface area contributed by atoms with Gasteiger partial charge in [-0.25, -0.2) is 0 Å². The van der Waals surface area contributed by atoms with Crippen molar-refractivity contribution in [3.8, 4) is 0 Å². The van der Waals surface area contributed by atoms with Gasteiger partial charge in [0.1, 0.15) is 6.23 Å². The number of nitrogens with zero attached hydrogens (tertiary/aromatic N) is 1. The van der Waals surface area contributed by atoms with Crippen molar-refractivity contribution in [3.05, 3.63) is 24.3 Å². The first-order valence-electron chi connectivity index (χ1n) is 8.47. The number of hydrogen-bond donors (Lipinski definition) is 1. The number of rotatable bonds is 3. The monoisotopic (exact) mass is 304 g/mol. The first-order chi connectivity index (χ1) is 10.2. The fourth-order valence-electron chi connectivity index (χ4n) is 3.07. The number of para-hydroxylation sites is 2. The maximum absolute atomic E-state index is 6.10. The molecule has 124 valence electrons. The van der Waals surface area contributed by atoms with Crippen LogP contribution in [0.5, 0.6) is 0 Å². The van der Waals surface area contributed by atoms with Gasteiger partial charge in [0.05, 0.1) is 11.4 Å². The Hall–Kier alpha value is -1.22. The third-order valence-corrected chi connectivity index (χ3v) is 3.84. The number of anilines is 2. The van der Waals surface area contributed by atoms with Gasteiger partial charge in [0.25, 0.3) is 0 Å². The molecule has 22 heavy (non-hydrogen) atoms. The van der Waals surface area contributed by atoms with Crippen LogP contribution in [0.1, 0.15) is 60.8 Å². The Morgan fingerprint density at radius 3 is 2.27 bits per heavy atom. The topological polar surface area (TPSA) is 24.5 Å². The normalized spacial score (nSPS) is 19.8. The van der Waals surface area contributed by atoms with Crippen molar-refractivity contribution in [1.82, 2.24) is 0 Å². The summed E-state index contributed by atoms with van der Waals surface area (Å²) in [4.78, 5) is 2.44. The van der Waals surface area contributed by atoms with E-state index in [2.05, 4.69) is 76.0 Å². The minimum atomic E-state index is 0.0116. The first-order valence-corrected chi connectivity index (χ1v) is 8.47. The highest BCUT2D eigenvalue weighted by Crippen LogP contribution is 2.36. The minimum Gasteiger partial charge on any atom is -0.379 e. The van der Waals surface area contributed by atoms with Crippen molar-refractivity contribution in [3.63, 3.8) is 0 Å². The Kier molecular flexibility index (Phi) is 5.06. The van der Waals surface area contributed by atoms with E-state index in [1.165, 1.54) is 24.2 Å². The fourth-order valence-corrected chi connectivity index (χ4v) is 3.07. The molecule has 1 aromatic carbocycles. The molecule has 2 rings (SSSR count). The van der Waals surface area contributed by atoms with Gasteiger partial charge in [0.15, 0.2) is 0 Å².